The monoisotopic (exact) mass is 427 g/mol. The SMILES string of the molecule is C1=CCCC=CCCC=CCC1.[Cl][Pt][Cl]. The predicted molar refractivity (Wildman–Crippen MR) is 66.8 cm³/mol. The molecule has 0 aromatic carbocycles. The summed E-state index contributed by atoms with van der Waals surface area (Å²) in [5.41, 5.74) is 0. The Morgan fingerprint density at radius 1 is 0.533 bits per heavy atom. The first-order valence-corrected chi connectivity index (χ1v) is 10.8. The Balaban J connectivity index is 0.000000583. The molecule has 15 heavy (non-hydrogen) atoms. The van der Waals surface area contributed by atoms with Crippen LogP contribution in [-0.2, 0) is 16.5 Å². The van der Waals surface area contributed by atoms with E-state index in [-0.39, 0.29) is 0 Å². The van der Waals surface area contributed by atoms with Gasteiger partial charge in [0.05, 0.1) is 0 Å². The summed E-state index contributed by atoms with van der Waals surface area (Å²) in [7, 11) is 9.75. The molecule has 1 rings (SSSR count). The van der Waals surface area contributed by atoms with Crippen LogP contribution in [0.5, 0.6) is 0 Å². The summed E-state index contributed by atoms with van der Waals surface area (Å²) in [5.74, 6) is 0. The Bertz CT molecular complexity index is 147. The molecule has 0 aliphatic heterocycles. The van der Waals surface area contributed by atoms with Gasteiger partial charge in [-0.2, -0.15) is 0 Å². The number of rotatable bonds is 0. The number of hydrogen-bond acceptors (Lipinski definition) is 0. The van der Waals surface area contributed by atoms with E-state index in [1.165, 1.54) is 38.5 Å². The van der Waals surface area contributed by atoms with Gasteiger partial charge in [0.15, 0.2) is 0 Å². The summed E-state index contributed by atoms with van der Waals surface area (Å²) < 4.78 is 0. The zero-order valence-electron chi connectivity index (χ0n) is 8.78. The van der Waals surface area contributed by atoms with Gasteiger partial charge in [0.1, 0.15) is 0 Å². The van der Waals surface area contributed by atoms with Gasteiger partial charge in [-0.3, -0.25) is 0 Å². The standard InChI is InChI=1S/C12H18.2ClH.Pt/c1-2-4-6-8-10-12-11-9-7-5-3-1;;;/h1-2,7-10H,3-6,11-12H2;2*1H;/q;;;+2/p-2. The fraction of sp³-hybridized carbons (Fsp3) is 0.500. The molecule has 0 atom stereocenters. The van der Waals surface area contributed by atoms with E-state index >= 15 is 0 Å². The van der Waals surface area contributed by atoms with Crippen LogP contribution in [0, 0.1) is 0 Å². The molecule has 0 N–H and O–H groups in total. The van der Waals surface area contributed by atoms with Crippen molar-refractivity contribution < 1.29 is 16.5 Å². The van der Waals surface area contributed by atoms with Crippen LogP contribution in [0.4, 0.5) is 0 Å². The fourth-order valence-electron chi connectivity index (χ4n) is 1.28. The third kappa shape index (κ3) is 14.5. The number of hydrogen-bond donors (Lipinski definition) is 0. The molecule has 0 unspecified atom stereocenters. The van der Waals surface area contributed by atoms with Crippen molar-refractivity contribution in [1.82, 2.24) is 0 Å². The van der Waals surface area contributed by atoms with E-state index in [1.807, 2.05) is 0 Å². The summed E-state index contributed by atoms with van der Waals surface area (Å²) in [6.45, 7) is 0. The average molecular weight is 428 g/mol. The van der Waals surface area contributed by atoms with Gasteiger partial charge in [-0.05, 0) is 38.5 Å². The van der Waals surface area contributed by atoms with Crippen molar-refractivity contribution in [2.45, 2.75) is 38.5 Å². The molecule has 0 aromatic heterocycles. The molecule has 1 aliphatic rings. The van der Waals surface area contributed by atoms with Crippen LogP contribution >= 0.6 is 18.8 Å². The maximum absolute atomic E-state index is 4.88. The van der Waals surface area contributed by atoms with Gasteiger partial charge in [0.25, 0.3) is 0 Å². The van der Waals surface area contributed by atoms with Gasteiger partial charge in [-0.25, -0.2) is 0 Å². The van der Waals surface area contributed by atoms with Gasteiger partial charge in [-0.1, -0.05) is 36.5 Å². The van der Waals surface area contributed by atoms with Gasteiger partial charge in [0.2, 0.25) is 0 Å². The molecule has 0 nitrogen and oxygen atoms in total. The van der Waals surface area contributed by atoms with Crippen LogP contribution < -0.4 is 0 Å². The molecule has 0 amide bonds. The second kappa shape index (κ2) is 14.5. The molecule has 0 spiro atoms. The molecular weight excluding hydrogens is 410 g/mol. The minimum atomic E-state index is -0.472. The fourth-order valence-corrected chi connectivity index (χ4v) is 1.28. The average Bonchev–Trinajstić information content (AvgIpc) is 2.19. The Hall–Kier alpha value is 0.488. The van der Waals surface area contributed by atoms with Crippen LogP contribution in [-0.4, -0.2) is 0 Å². The van der Waals surface area contributed by atoms with E-state index in [1.54, 1.807) is 0 Å². The Kier molecular flexibility index (Phi) is 15.0. The summed E-state index contributed by atoms with van der Waals surface area (Å²) in [5, 5.41) is 0. The van der Waals surface area contributed by atoms with Crippen molar-refractivity contribution in [3.05, 3.63) is 36.5 Å². The molecule has 0 saturated heterocycles. The summed E-state index contributed by atoms with van der Waals surface area (Å²) in [6, 6.07) is 0. The van der Waals surface area contributed by atoms with E-state index in [2.05, 4.69) is 36.5 Å². The number of halogens is 2. The van der Waals surface area contributed by atoms with Crippen molar-refractivity contribution in [2.75, 3.05) is 0 Å². The van der Waals surface area contributed by atoms with Crippen LogP contribution in [0.1, 0.15) is 38.5 Å². The van der Waals surface area contributed by atoms with Crippen LogP contribution in [0.2, 0.25) is 0 Å². The second-order valence-electron chi connectivity index (χ2n) is 3.19. The summed E-state index contributed by atoms with van der Waals surface area (Å²) >= 11 is -0.472. The molecule has 0 heterocycles. The summed E-state index contributed by atoms with van der Waals surface area (Å²) in [6.07, 6.45) is 21.0. The van der Waals surface area contributed by atoms with Crippen molar-refractivity contribution in [2.24, 2.45) is 0 Å². The van der Waals surface area contributed by atoms with Crippen molar-refractivity contribution in [1.29, 1.82) is 0 Å². The van der Waals surface area contributed by atoms with E-state index in [0.717, 1.165) is 0 Å². The molecule has 1 aliphatic carbocycles. The molecule has 0 saturated carbocycles. The number of allylic oxidation sites excluding steroid dienone is 6. The zero-order chi connectivity index (χ0) is 11.2. The molecule has 90 valence electrons. The Morgan fingerprint density at radius 3 is 0.800 bits per heavy atom. The molecule has 0 radical (unpaired) electrons. The Labute approximate surface area is 110 Å². The zero-order valence-corrected chi connectivity index (χ0v) is 12.6. The van der Waals surface area contributed by atoms with Gasteiger partial charge in [-0.15, -0.1) is 0 Å². The van der Waals surface area contributed by atoms with E-state index in [0.29, 0.717) is 0 Å². The van der Waals surface area contributed by atoms with Crippen LogP contribution in [0.25, 0.3) is 0 Å². The third-order valence-corrected chi connectivity index (χ3v) is 2.00. The van der Waals surface area contributed by atoms with E-state index in [4.69, 9.17) is 18.8 Å². The van der Waals surface area contributed by atoms with Crippen LogP contribution in [0.15, 0.2) is 36.5 Å². The van der Waals surface area contributed by atoms with Gasteiger partial charge < -0.3 is 0 Å². The van der Waals surface area contributed by atoms with E-state index in [9.17, 15) is 0 Å². The van der Waals surface area contributed by atoms with Gasteiger partial charge >= 0.3 is 35.3 Å². The maximum atomic E-state index is 4.88. The first-order chi connectivity index (χ1) is 7.41. The minimum absolute atomic E-state index is 0.472. The second-order valence-corrected chi connectivity index (χ2v) is 6.47. The predicted octanol–water partition coefficient (Wildman–Crippen LogP) is 5.39. The van der Waals surface area contributed by atoms with Crippen LogP contribution in [0.3, 0.4) is 0 Å². The van der Waals surface area contributed by atoms with E-state index < -0.39 is 16.5 Å². The molecular formula is C12H18Cl2Pt. The summed E-state index contributed by atoms with van der Waals surface area (Å²) in [4.78, 5) is 0. The van der Waals surface area contributed by atoms with Gasteiger partial charge in [0, 0.05) is 0 Å². The van der Waals surface area contributed by atoms with Crippen molar-refractivity contribution in [3.8, 4) is 0 Å². The van der Waals surface area contributed by atoms with Crippen molar-refractivity contribution >= 4 is 18.8 Å². The molecule has 0 aromatic rings. The first-order valence-electron chi connectivity index (χ1n) is 5.19. The quantitative estimate of drug-likeness (QED) is 0.455. The normalized spacial score (nSPS) is 17.5. The molecule has 0 bridgehead atoms. The first kappa shape index (κ1) is 15.5. The topological polar surface area (TPSA) is 0 Å². The molecule has 3 heteroatoms. The third-order valence-electron chi connectivity index (χ3n) is 2.00. The Morgan fingerprint density at radius 2 is 0.667 bits per heavy atom. The molecule has 0 fully saturated rings. The van der Waals surface area contributed by atoms with Crippen molar-refractivity contribution in [3.63, 3.8) is 0 Å².